The zero-order chi connectivity index (χ0) is 10.1. The quantitative estimate of drug-likeness (QED) is 0.473. The van der Waals surface area contributed by atoms with Crippen LogP contribution in [-0.4, -0.2) is 6.04 Å². The Morgan fingerprint density at radius 3 is 2.46 bits per heavy atom. The molecule has 0 radical (unpaired) electrons. The lowest BCUT2D eigenvalue weighted by Crippen LogP contribution is -2.15. The van der Waals surface area contributed by atoms with Gasteiger partial charge in [0.15, 0.2) is 0 Å². The lowest BCUT2D eigenvalue weighted by atomic mass is 10.0. The summed E-state index contributed by atoms with van der Waals surface area (Å²) >= 11 is 0. The van der Waals surface area contributed by atoms with Crippen molar-refractivity contribution in [1.82, 2.24) is 0 Å². The minimum atomic E-state index is 0.319. The molecule has 0 fully saturated rings. The highest BCUT2D eigenvalue weighted by Gasteiger charge is 2.00. The number of allylic oxidation sites excluding steroid dienone is 1. The molecule has 0 aliphatic rings. The Kier molecular flexibility index (Phi) is 8.11. The molecular formula is C12H25N. The third-order valence-corrected chi connectivity index (χ3v) is 2.18. The van der Waals surface area contributed by atoms with Crippen molar-refractivity contribution in [2.75, 3.05) is 0 Å². The molecule has 1 atom stereocenters. The van der Waals surface area contributed by atoms with Crippen molar-refractivity contribution in [2.24, 2.45) is 5.73 Å². The van der Waals surface area contributed by atoms with Crippen molar-refractivity contribution in [3.8, 4) is 0 Å². The van der Waals surface area contributed by atoms with E-state index in [1.54, 1.807) is 5.57 Å². The second kappa shape index (κ2) is 8.31. The Morgan fingerprint density at radius 1 is 1.31 bits per heavy atom. The molecule has 1 heteroatoms. The van der Waals surface area contributed by atoms with Crippen LogP contribution in [-0.2, 0) is 0 Å². The van der Waals surface area contributed by atoms with Gasteiger partial charge in [-0.25, -0.2) is 0 Å². The Balaban J connectivity index is 3.74. The van der Waals surface area contributed by atoms with Gasteiger partial charge in [-0.15, -0.1) is 0 Å². The Hall–Kier alpha value is -0.300. The Bertz CT molecular complexity index is 136. The highest BCUT2D eigenvalue weighted by Crippen LogP contribution is 2.14. The minimum Gasteiger partial charge on any atom is -0.328 e. The summed E-state index contributed by atoms with van der Waals surface area (Å²) in [4.78, 5) is 0. The molecule has 0 rings (SSSR count). The zero-order valence-corrected chi connectivity index (χ0v) is 9.47. The van der Waals surface area contributed by atoms with E-state index >= 15 is 0 Å². The largest absolute Gasteiger partial charge is 0.328 e. The van der Waals surface area contributed by atoms with Crippen LogP contribution in [0, 0.1) is 0 Å². The van der Waals surface area contributed by atoms with Crippen LogP contribution in [0.2, 0.25) is 0 Å². The second-order valence-electron chi connectivity index (χ2n) is 3.91. The first-order valence-corrected chi connectivity index (χ1v) is 5.64. The van der Waals surface area contributed by atoms with E-state index in [9.17, 15) is 0 Å². The normalized spacial score (nSPS) is 14.6. The van der Waals surface area contributed by atoms with Gasteiger partial charge in [-0.1, -0.05) is 38.3 Å². The number of hydrogen-bond acceptors (Lipinski definition) is 1. The first-order valence-electron chi connectivity index (χ1n) is 5.64. The second-order valence-corrected chi connectivity index (χ2v) is 3.91. The minimum absolute atomic E-state index is 0.319. The van der Waals surface area contributed by atoms with Crippen LogP contribution >= 0.6 is 0 Å². The monoisotopic (exact) mass is 183 g/mol. The van der Waals surface area contributed by atoms with Gasteiger partial charge in [0.2, 0.25) is 0 Å². The Morgan fingerprint density at radius 2 is 2.00 bits per heavy atom. The zero-order valence-electron chi connectivity index (χ0n) is 9.47. The Labute approximate surface area is 83.4 Å². The molecule has 0 spiro atoms. The molecule has 2 N–H and O–H groups in total. The highest BCUT2D eigenvalue weighted by atomic mass is 14.6. The SMILES string of the molecule is CC/C=C(\CCCCC)CC(C)N. The van der Waals surface area contributed by atoms with Crippen LogP contribution in [0.5, 0.6) is 0 Å². The van der Waals surface area contributed by atoms with Gasteiger partial charge in [0, 0.05) is 6.04 Å². The van der Waals surface area contributed by atoms with Gasteiger partial charge in [-0.2, -0.15) is 0 Å². The smallest absolute Gasteiger partial charge is 0.00476 e. The molecule has 1 nitrogen and oxygen atoms in total. The van der Waals surface area contributed by atoms with Crippen LogP contribution in [0.25, 0.3) is 0 Å². The van der Waals surface area contributed by atoms with Gasteiger partial charge < -0.3 is 5.73 Å². The van der Waals surface area contributed by atoms with Crippen LogP contribution in [0.3, 0.4) is 0 Å². The number of hydrogen-bond donors (Lipinski definition) is 1. The summed E-state index contributed by atoms with van der Waals surface area (Å²) in [5.41, 5.74) is 7.35. The molecule has 1 unspecified atom stereocenters. The maximum Gasteiger partial charge on any atom is 0.00476 e. The molecule has 78 valence electrons. The van der Waals surface area contributed by atoms with Gasteiger partial charge >= 0.3 is 0 Å². The summed E-state index contributed by atoms with van der Waals surface area (Å²) in [5.74, 6) is 0. The molecule has 0 bridgehead atoms. The first kappa shape index (κ1) is 12.7. The molecule has 0 heterocycles. The van der Waals surface area contributed by atoms with Crippen LogP contribution in [0.4, 0.5) is 0 Å². The summed E-state index contributed by atoms with van der Waals surface area (Å²) in [6, 6.07) is 0.319. The van der Waals surface area contributed by atoms with E-state index in [0.717, 1.165) is 12.8 Å². The van der Waals surface area contributed by atoms with E-state index in [1.165, 1.54) is 25.7 Å². The molecule has 0 amide bonds. The van der Waals surface area contributed by atoms with Crippen molar-refractivity contribution in [3.05, 3.63) is 11.6 Å². The van der Waals surface area contributed by atoms with Crippen molar-refractivity contribution in [1.29, 1.82) is 0 Å². The fourth-order valence-corrected chi connectivity index (χ4v) is 1.59. The van der Waals surface area contributed by atoms with Crippen molar-refractivity contribution < 1.29 is 0 Å². The van der Waals surface area contributed by atoms with E-state index < -0.39 is 0 Å². The van der Waals surface area contributed by atoms with E-state index in [1.807, 2.05) is 0 Å². The summed E-state index contributed by atoms with van der Waals surface area (Å²) in [6.45, 7) is 6.53. The van der Waals surface area contributed by atoms with Gasteiger partial charge in [0.1, 0.15) is 0 Å². The van der Waals surface area contributed by atoms with E-state index in [4.69, 9.17) is 5.73 Å². The molecule has 0 aromatic carbocycles. The molecule has 0 aromatic rings. The predicted octanol–water partition coefficient (Wildman–Crippen LogP) is 3.64. The lowest BCUT2D eigenvalue weighted by molar-refractivity contribution is 0.655. The summed E-state index contributed by atoms with van der Waals surface area (Å²) in [5, 5.41) is 0. The van der Waals surface area contributed by atoms with Crippen molar-refractivity contribution in [2.45, 2.75) is 65.3 Å². The number of nitrogens with two attached hydrogens (primary N) is 1. The summed E-state index contributed by atoms with van der Waals surface area (Å²) in [7, 11) is 0. The van der Waals surface area contributed by atoms with Gasteiger partial charge in [-0.05, 0) is 32.6 Å². The molecule has 0 aromatic heterocycles. The average Bonchev–Trinajstić information content (AvgIpc) is 2.04. The average molecular weight is 183 g/mol. The molecule has 0 saturated carbocycles. The van der Waals surface area contributed by atoms with E-state index in [2.05, 4.69) is 26.8 Å². The predicted molar refractivity (Wildman–Crippen MR) is 60.8 cm³/mol. The summed E-state index contributed by atoms with van der Waals surface area (Å²) < 4.78 is 0. The topological polar surface area (TPSA) is 26.0 Å². The maximum atomic E-state index is 5.79. The van der Waals surface area contributed by atoms with Gasteiger partial charge in [-0.3, -0.25) is 0 Å². The fraction of sp³-hybridized carbons (Fsp3) is 0.833. The maximum absolute atomic E-state index is 5.79. The first-order chi connectivity index (χ1) is 6.20. The third-order valence-electron chi connectivity index (χ3n) is 2.18. The van der Waals surface area contributed by atoms with E-state index in [0.29, 0.717) is 6.04 Å². The van der Waals surface area contributed by atoms with Crippen LogP contribution < -0.4 is 5.73 Å². The molecular weight excluding hydrogens is 158 g/mol. The van der Waals surface area contributed by atoms with Crippen molar-refractivity contribution in [3.63, 3.8) is 0 Å². The fourth-order valence-electron chi connectivity index (χ4n) is 1.59. The van der Waals surface area contributed by atoms with Crippen LogP contribution in [0.15, 0.2) is 11.6 Å². The van der Waals surface area contributed by atoms with Gasteiger partial charge in [0.05, 0.1) is 0 Å². The molecule has 0 aliphatic carbocycles. The molecule has 0 aliphatic heterocycles. The molecule has 13 heavy (non-hydrogen) atoms. The van der Waals surface area contributed by atoms with Crippen molar-refractivity contribution >= 4 is 0 Å². The van der Waals surface area contributed by atoms with E-state index in [-0.39, 0.29) is 0 Å². The number of unbranched alkanes of at least 4 members (excludes halogenated alkanes) is 2. The van der Waals surface area contributed by atoms with Crippen LogP contribution in [0.1, 0.15) is 59.3 Å². The summed E-state index contributed by atoms with van der Waals surface area (Å²) in [6.07, 6.45) is 9.81. The highest BCUT2D eigenvalue weighted by molar-refractivity contribution is 5.03. The van der Waals surface area contributed by atoms with Gasteiger partial charge in [0.25, 0.3) is 0 Å². The third kappa shape index (κ3) is 8.04. The standard InChI is InChI=1S/C12H25N/c1-4-6-7-9-12(8-5-2)10-11(3)13/h8,11H,4-7,9-10,13H2,1-3H3/b12-8+. The number of rotatable bonds is 7. The molecule has 0 saturated heterocycles. The lowest BCUT2D eigenvalue weighted by Gasteiger charge is -2.09.